The van der Waals surface area contributed by atoms with Crippen LogP contribution in [0.5, 0.6) is 0 Å². The number of imidazole rings is 1. The highest BCUT2D eigenvalue weighted by atomic mass is 16.4. The molecule has 0 aliphatic heterocycles. The first-order chi connectivity index (χ1) is 11.2. The van der Waals surface area contributed by atoms with Crippen molar-refractivity contribution in [2.45, 2.75) is 6.92 Å². The second kappa shape index (κ2) is 5.09. The number of pyridine rings is 1. The third kappa shape index (κ3) is 2.26. The number of aryl methyl sites for hydroxylation is 1. The van der Waals surface area contributed by atoms with Crippen LogP contribution >= 0.6 is 0 Å². The van der Waals surface area contributed by atoms with Crippen molar-refractivity contribution in [2.75, 3.05) is 5.32 Å². The van der Waals surface area contributed by atoms with E-state index in [0.717, 1.165) is 0 Å². The summed E-state index contributed by atoms with van der Waals surface area (Å²) >= 11 is 0. The first-order valence-electron chi connectivity index (χ1n) is 6.85. The van der Waals surface area contributed by atoms with Crippen LogP contribution in [0.4, 0.5) is 6.01 Å². The molecule has 0 fully saturated rings. The molecule has 8 nitrogen and oxygen atoms in total. The van der Waals surface area contributed by atoms with Gasteiger partial charge in [0.2, 0.25) is 0 Å². The van der Waals surface area contributed by atoms with Crippen LogP contribution in [-0.2, 0) is 0 Å². The maximum absolute atomic E-state index is 12.5. The van der Waals surface area contributed by atoms with Crippen LogP contribution in [0.25, 0.3) is 17.3 Å². The van der Waals surface area contributed by atoms with Crippen molar-refractivity contribution in [1.82, 2.24) is 19.6 Å². The van der Waals surface area contributed by atoms with Gasteiger partial charge in [0.05, 0.1) is 12.0 Å². The van der Waals surface area contributed by atoms with Gasteiger partial charge in [-0.2, -0.15) is 0 Å². The van der Waals surface area contributed by atoms with Crippen LogP contribution in [-0.4, -0.2) is 25.5 Å². The van der Waals surface area contributed by atoms with Gasteiger partial charge < -0.3 is 8.83 Å². The quantitative estimate of drug-likeness (QED) is 0.624. The Morgan fingerprint density at radius 3 is 2.96 bits per heavy atom. The van der Waals surface area contributed by atoms with Crippen molar-refractivity contribution in [3.63, 3.8) is 0 Å². The average Bonchev–Trinajstić information content (AvgIpc) is 3.25. The SMILES string of the molecule is Cc1nc2ccccn2c1C(=O)Nc1nnc(-c2ccco2)o1. The molecule has 4 heterocycles. The molecule has 4 rings (SSSR count). The van der Waals surface area contributed by atoms with Gasteiger partial charge in [0.1, 0.15) is 11.3 Å². The second-order valence-electron chi connectivity index (χ2n) is 4.82. The van der Waals surface area contributed by atoms with Gasteiger partial charge >= 0.3 is 6.01 Å². The Kier molecular flexibility index (Phi) is 2.94. The van der Waals surface area contributed by atoms with Crippen LogP contribution in [0.1, 0.15) is 16.2 Å². The highest BCUT2D eigenvalue weighted by molar-refractivity contribution is 6.03. The predicted octanol–water partition coefficient (Wildman–Crippen LogP) is 2.54. The Morgan fingerprint density at radius 1 is 1.22 bits per heavy atom. The fraction of sp³-hybridized carbons (Fsp3) is 0.0667. The van der Waals surface area contributed by atoms with Gasteiger partial charge in [-0.3, -0.25) is 14.5 Å². The summed E-state index contributed by atoms with van der Waals surface area (Å²) in [6, 6.07) is 8.90. The van der Waals surface area contributed by atoms with Gasteiger partial charge in [0.25, 0.3) is 11.8 Å². The number of nitrogens with zero attached hydrogens (tertiary/aromatic N) is 4. The summed E-state index contributed by atoms with van der Waals surface area (Å²) in [5.74, 6) is 0.250. The number of carbonyl (C=O) groups excluding carboxylic acids is 1. The summed E-state index contributed by atoms with van der Waals surface area (Å²) in [5, 5.41) is 10.2. The number of fused-ring (bicyclic) bond motifs is 1. The number of amides is 1. The van der Waals surface area contributed by atoms with E-state index in [1.165, 1.54) is 6.26 Å². The Bertz CT molecular complexity index is 984. The standard InChI is InChI=1S/C15H11N5O3/c1-9-12(20-7-3-2-6-11(20)16-9)13(21)17-15-19-18-14(23-15)10-5-4-8-22-10/h2-8H,1H3,(H,17,19,21). The van der Waals surface area contributed by atoms with Gasteiger partial charge in [-0.25, -0.2) is 4.98 Å². The van der Waals surface area contributed by atoms with Gasteiger partial charge in [0, 0.05) is 6.20 Å². The van der Waals surface area contributed by atoms with Crippen molar-refractivity contribution >= 4 is 17.6 Å². The lowest BCUT2D eigenvalue weighted by atomic mass is 10.3. The van der Waals surface area contributed by atoms with Crippen molar-refractivity contribution in [3.05, 3.63) is 54.2 Å². The maximum atomic E-state index is 12.5. The zero-order valence-electron chi connectivity index (χ0n) is 12.1. The average molecular weight is 309 g/mol. The number of hydrogen-bond acceptors (Lipinski definition) is 6. The molecule has 0 aromatic carbocycles. The molecule has 0 aliphatic rings. The Balaban J connectivity index is 1.64. The Hall–Kier alpha value is -3.42. The molecule has 114 valence electrons. The van der Waals surface area contributed by atoms with Gasteiger partial charge in [-0.15, -0.1) is 5.10 Å². The molecule has 4 aromatic heterocycles. The van der Waals surface area contributed by atoms with Crippen LogP contribution in [0.2, 0.25) is 0 Å². The molecule has 0 aliphatic carbocycles. The highest BCUT2D eigenvalue weighted by Gasteiger charge is 2.19. The molecule has 23 heavy (non-hydrogen) atoms. The molecule has 1 N–H and O–H groups in total. The molecule has 0 radical (unpaired) electrons. The molecular formula is C15H11N5O3. The third-order valence-electron chi connectivity index (χ3n) is 3.30. The predicted molar refractivity (Wildman–Crippen MR) is 79.9 cm³/mol. The smallest absolute Gasteiger partial charge is 0.322 e. The van der Waals surface area contributed by atoms with E-state index in [4.69, 9.17) is 8.83 Å². The molecule has 1 amide bonds. The van der Waals surface area contributed by atoms with E-state index >= 15 is 0 Å². The topological polar surface area (TPSA) is 98.5 Å². The minimum Gasteiger partial charge on any atom is -0.459 e. The van der Waals surface area contributed by atoms with Crippen molar-refractivity contribution in [2.24, 2.45) is 0 Å². The lowest BCUT2D eigenvalue weighted by molar-refractivity contribution is 0.101. The summed E-state index contributed by atoms with van der Waals surface area (Å²) in [5.41, 5.74) is 1.72. The molecule has 0 bridgehead atoms. The molecule has 0 unspecified atom stereocenters. The van der Waals surface area contributed by atoms with Crippen molar-refractivity contribution < 1.29 is 13.6 Å². The Labute approximate surface area is 129 Å². The molecule has 4 aromatic rings. The second-order valence-corrected chi connectivity index (χ2v) is 4.82. The molecule has 0 saturated heterocycles. The van der Waals surface area contributed by atoms with Crippen LogP contribution in [0.3, 0.4) is 0 Å². The van der Waals surface area contributed by atoms with Gasteiger partial charge in [-0.05, 0) is 31.2 Å². The van der Waals surface area contributed by atoms with Crippen molar-refractivity contribution in [1.29, 1.82) is 0 Å². The number of hydrogen-bond donors (Lipinski definition) is 1. The number of anilines is 1. The van der Waals surface area contributed by atoms with E-state index in [0.29, 0.717) is 22.8 Å². The molecular weight excluding hydrogens is 298 g/mol. The Morgan fingerprint density at radius 2 is 2.13 bits per heavy atom. The number of aromatic nitrogens is 4. The van der Waals surface area contributed by atoms with Crippen LogP contribution in [0, 0.1) is 6.92 Å². The van der Waals surface area contributed by atoms with E-state index in [2.05, 4.69) is 20.5 Å². The zero-order valence-corrected chi connectivity index (χ0v) is 12.1. The van der Waals surface area contributed by atoms with Crippen LogP contribution in [0.15, 0.2) is 51.6 Å². The molecule has 0 spiro atoms. The third-order valence-corrected chi connectivity index (χ3v) is 3.30. The summed E-state index contributed by atoms with van der Waals surface area (Å²) in [7, 11) is 0. The lowest BCUT2D eigenvalue weighted by Crippen LogP contribution is -2.15. The number of rotatable bonds is 3. The largest absolute Gasteiger partial charge is 0.459 e. The molecule has 0 atom stereocenters. The highest BCUT2D eigenvalue weighted by Crippen LogP contribution is 2.20. The number of carbonyl (C=O) groups is 1. The van der Waals surface area contributed by atoms with E-state index in [9.17, 15) is 4.79 Å². The fourth-order valence-electron chi connectivity index (χ4n) is 2.32. The summed E-state index contributed by atoms with van der Waals surface area (Å²) in [6.07, 6.45) is 3.27. The van der Waals surface area contributed by atoms with E-state index in [-0.39, 0.29) is 17.8 Å². The number of nitrogens with one attached hydrogen (secondary N) is 1. The monoisotopic (exact) mass is 309 g/mol. The van der Waals surface area contributed by atoms with E-state index in [1.807, 2.05) is 18.2 Å². The molecule has 0 saturated carbocycles. The first-order valence-corrected chi connectivity index (χ1v) is 6.85. The maximum Gasteiger partial charge on any atom is 0.322 e. The summed E-state index contributed by atoms with van der Waals surface area (Å²) in [6.45, 7) is 1.77. The minimum absolute atomic E-state index is 0.00770. The van der Waals surface area contributed by atoms with Gasteiger partial charge in [0.15, 0.2) is 5.76 Å². The normalized spacial score (nSPS) is 11.0. The number of furan rings is 1. The fourth-order valence-corrected chi connectivity index (χ4v) is 2.32. The summed E-state index contributed by atoms with van der Waals surface area (Å²) in [4.78, 5) is 16.8. The van der Waals surface area contributed by atoms with E-state index < -0.39 is 0 Å². The summed E-state index contributed by atoms with van der Waals surface area (Å²) < 4.78 is 12.2. The zero-order chi connectivity index (χ0) is 15.8. The molecule has 8 heteroatoms. The van der Waals surface area contributed by atoms with Gasteiger partial charge in [-0.1, -0.05) is 11.2 Å². The van der Waals surface area contributed by atoms with Crippen LogP contribution < -0.4 is 5.32 Å². The minimum atomic E-state index is -0.379. The first kappa shape index (κ1) is 13.3. The van der Waals surface area contributed by atoms with E-state index in [1.54, 1.807) is 29.7 Å². The van der Waals surface area contributed by atoms with Crippen molar-refractivity contribution in [3.8, 4) is 11.7 Å². The lowest BCUT2D eigenvalue weighted by Gasteiger charge is -2.01.